The molecule has 1 atom stereocenters. The fourth-order valence-electron chi connectivity index (χ4n) is 2.01. The maximum atomic E-state index is 11.2. The highest BCUT2D eigenvalue weighted by atomic mass is 16.6. The number of nitrogens with zero attached hydrogens (tertiary/aromatic N) is 2. The van der Waals surface area contributed by atoms with Gasteiger partial charge < -0.3 is 10.1 Å². The van der Waals surface area contributed by atoms with Gasteiger partial charge in [-0.05, 0) is 43.7 Å². The van der Waals surface area contributed by atoms with Crippen molar-refractivity contribution in [2.45, 2.75) is 19.9 Å². The number of anilines is 1. The van der Waals surface area contributed by atoms with Gasteiger partial charge >= 0.3 is 0 Å². The molecule has 1 unspecified atom stereocenters. The Hall–Kier alpha value is -2.63. The first-order valence-electron chi connectivity index (χ1n) is 6.69. The van der Waals surface area contributed by atoms with Crippen molar-refractivity contribution in [3.8, 4) is 5.75 Å². The standard InChI is InChI=1S/C15H17N3O3/c1-3-21-13-4-5-14(15(10-13)18(19)20)17-11(2)12-6-8-16-9-7-12/h4-11,17H,3H2,1-2H3. The van der Waals surface area contributed by atoms with Crippen LogP contribution in [0, 0.1) is 10.1 Å². The van der Waals surface area contributed by atoms with Gasteiger partial charge in [-0.15, -0.1) is 0 Å². The van der Waals surface area contributed by atoms with Crippen molar-refractivity contribution in [3.05, 3.63) is 58.4 Å². The van der Waals surface area contributed by atoms with E-state index in [-0.39, 0.29) is 11.7 Å². The monoisotopic (exact) mass is 287 g/mol. The minimum Gasteiger partial charge on any atom is -0.494 e. The first-order chi connectivity index (χ1) is 10.1. The van der Waals surface area contributed by atoms with Crippen LogP contribution in [0.3, 0.4) is 0 Å². The van der Waals surface area contributed by atoms with Crippen LogP contribution in [0.2, 0.25) is 0 Å². The zero-order valence-corrected chi connectivity index (χ0v) is 11.9. The molecule has 0 radical (unpaired) electrons. The van der Waals surface area contributed by atoms with Gasteiger partial charge in [0.15, 0.2) is 0 Å². The summed E-state index contributed by atoms with van der Waals surface area (Å²) in [7, 11) is 0. The van der Waals surface area contributed by atoms with E-state index in [0.29, 0.717) is 18.0 Å². The highest BCUT2D eigenvalue weighted by Gasteiger charge is 2.17. The molecule has 0 aliphatic rings. The molecule has 0 aliphatic heterocycles. The van der Waals surface area contributed by atoms with E-state index in [9.17, 15) is 10.1 Å². The summed E-state index contributed by atoms with van der Waals surface area (Å²) in [6.07, 6.45) is 3.39. The normalized spacial score (nSPS) is 11.7. The molecule has 0 fully saturated rings. The summed E-state index contributed by atoms with van der Waals surface area (Å²) < 4.78 is 5.30. The van der Waals surface area contributed by atoms with Crippen LogP contribution >= 0.6 is 0 Å². The van der Waals surface area contributed by atoms with Crippen molar-refractivity contribution in [1.82, 2.24) is 4.98 Å². The predicted octanol–water partition coefficient (Wildman–Crippen LogP) is 3.56. The molecule has 0 saturated carbocycles. The lowest BCUT2D eigenvalue weighted by molar-refractivity contribution is -0.384. The fraction of sp³-hybridized carbons (Fsp3) is 0.267. The van der Waals surface area contributed by atoms with Crippen molar-refractivity contribution in [3.63, 3.8) is 0 Å². The molecule has 0 bridgehead atoms. The Morgan fingerprint density at radius 1 is 1.33 bits per heavy atom. The van der Waals surface area contributed by atoms with Gasteiger partial charge in [-0.25, -0.2) is 0 Å². The molecule has 1 aromatic carbocycles. The molecular weight excluding hydrogens is 270 g/mol. The van der Waals surface area contributed by atoms with Crippen LogP contribution in [-0.2, 0) is 0 Å². The molecule has 6 heteroatoms. The first kappa shape index (κ1) is 14.8. The molecule has 1 heterocycles. The molecule has 0 saturated heterocycles. The number of ether oxygens (including phenoxy) is 1. The molecule has 0 aliphatic carbocycles. The average molecular weight is 287 g/mol. The summed E-state index contributed by atoms with van der Waals surface area (Å²) >= 11 is 0. The molecule has 1 N–H and O–H groups in total. The molecule has 2 aromatic rings. The molecule has 21 heavy (non-hydrogen) atoms. The Morgan fingerprint density at radius 2 is 2.05 bits per heavy atom. The number of aromatic nitrogens is 1. The van der Waals surface area contributed by atoms with Crippen molar-refractivity contribution in [1.29, 1.82) is 0 Å². The SMILES string of the molecule is CCOc1ccc(NC(C)c2ccncc2)c([N+](=O)[O-])c1. The maximum absolute atomic E-state index is 11.2. The van der Waals surface area contributed by atoms with Crippen LogP contribution in [0.4, 0.5) is 11.4 Å². The number of pyridine rings is 1. The summed E-state index contributed by atoms with van der Waals surface area (Å²) in [4.78, 5) is 14.7. The van der Waals surface area contributed by atoms with Crippen LogP contribution in [-0.4, -0.2) is 16.5 Å². The predicted molar refractivity (Wildman–Crippen MR) is 80.5 cm³/mol. The molecular formula is C15H17N3O3. The number of hydrogen-bond donors (Lipinski definition) is 1. The quantitative estimate of drug-likeness (QED) is 0.649. The zero-order valence-electron chi connectivity index (χ0n) is 11.9. The molecule has 0 spiro atoms. The fourth-order valence-corrected chi connectivity index (χ4v) is 2.01. The molecule has 2 rings (SSSR count). The Balaban J connectivity index is 2.25. The largest absolute Gasteiger partial charge is 0.494 e. The number of rotatable bonds is 6. The van der Waals surface area contributed by atoms with Gasteiger partial charge in [0, 0.05) is 18.4 Å². The highest BCUT2D eigenvalue weighted by molar-refractivity contribution is 5.64. The van der Waals surface area contributed by atoms with Gasteiger partial charge in [-0.1, -0.05) is 0 Å². The topological polar surface area (TPSA) is 77.3 Å². The van der Waals surface area contributed by atoms with E-state index >= 15 is 0 Å². The third-order valence-electron chi connectivity index (χ3n) is 3.06. The summed E-state index contributed by atoms with van der Waals surface area (Å²) in [5.41, 5.74) is 1.47. The number of nitrogens with one attached hydrogen (secondary N) is 1. The summed E-state index contributed by atoms with van der Waals surface area (Å²) in [5, 5.41) is 14.3. The van der Waals surface area contributed by atoms with Gasteiger partial charge in [-0.2, -0.15) is 0 Å². The third kappa shape index (κ3) is 3.68. The van der Waals surface area contributed by atoms with E-state index in [0.717, 1.165) is 5.56 Å². The first-order valence-corrected chi connectivity index (χ1v) is 6.69. The number of hydrogen-bond acceptors (Lipinski definition) is 5. The lowest BCUT2D eigenvalue weighted by Crippen LogP contribution is -2.08. The number of benzene rings is 1. The van der Waals surface area contributed by atoms with Gasteiger partial charge in [0.2, 0.25) is 0 Å². The molecule has 0 amide bonds. The van der Waals surface area contributed by atoms with E-state index in [1.54, 1.807) is 24.5 Å². The minimum absolute atomic E-state index is 0.00172. The maximum Gasteiger partial charge on any atom is 0.296 e. The van der Waals surface area contributed by atoms with E-state index in [4.69, 9.17) is 4.74 Å². The van der Waals surface area contributed by atoms with Crippen molar-refractivity contribution >= 4 is 11.4 Å². The number of nitro groups is 1. The zero-order chi connectivity index (χ0) is 15.2. The molecule has 110 valence electrons. The second-order valence-electron chi connectivity index (χ2n) is 4.52. The van der Waals surface area contributed by atoms with Crippen LogP contribution in [0.15, 0.2) is 42.7 Å². The van der Waals surface area contributed by atoms with E-state index in [2.05, 4.69) is 10.3 Å². The Kier molecular flexibility index (Phi) is 4.71. The third-order valence-corrected chi connectivity index (χ3v) is 3.06. The second-order valence-corrected chi connectivity index (χ2v) is 4.52. The lowest BCUT2D eigenvalue weighted by Gasteiger charge is -2.16. The lowest BCUT2D eigenvalue weighted by atomic mass is 10.1. The van der Waals surface area contributed by atoms with Crippen molar-refractivity contribution in [2.75, 3.05) is 11.9 Å². The second kappa shape index (κ2) is 6.69. The van der Waals surface area contributed by atoms with Crippen LogP contribution in [0.1, 0.15) is 25.5 Å². The van der Waals surface area contributed by atoms with E-state index < -0.39 is 4.92 Å². The van der Waals surface area contributed by atoms with E-state index in [1.807, 2.05) is 26.0 Å². The molecule has 1 aromatic heterocycles. The van der Waals surface area contributed by atoms with Gasteiger partial charge in [-0.3, -0.25) is 15.1 Å². The highest BCUT2D eigenvalue weighted by Crippen LogP contribution is 2.31. The summed E-state index contributed by atoms with van der Waals surface area (Å²) in [5.74, 6) is 0.492. The van der Waals surface area contributed by atoms with Gasteiger partial charge in [0.25, 0.3) is 5.69 Å². The average Bonchev–Trinajstić information content (AvgIpc) is 2.49. The minimum atomic E-state index is -0.413. The Labute approximate surface area is 122 Å². The summed E-state index contributed by atoms with van der Waals surface area (Å²) in [6.45, 7) is 4.25. The van der Waals surface area contributed by atoms with Crippen LogP contribution in [0.5, 0.6) is 5.75 Å². The van der Waals surface area contributed by atoms with Crippen LogP contribution in [0.25, 0.3) is 0 Å². The number of nitro benzene ring substituents is 1. The molecule has 6 nitrogen and oxygen atoms in total. The Morgan fingerprint density at radius 3 is 2.67 bits per heavy atom. The van der Waals surface area contributed by atoms with Crippen LogP contribution < -0.4 is 10.1 Å². The Bertz CT molecular complexity index is 617. The summed E-state index contributed by atoms with van der Waals surface area (Å²) in [6, 6.07) is 8.50. The van der Waals surface area contributed by atoms with Crippen molar-refractivity contribution < 1.29 is 9.66 Å². The van der Waals surface area contributed by atoms with Gasteiger partial charge in [0.05, 0.1) is 17.6 Å². The van der Waals surface area contributed by atoms with E-state index in [1.165, 1.54) is 6.07 Å². The van der Waals surface area contributed by atoms with Gasteiger partial charge in [0.1, 0.15) is 11.4 Å². The van der Waals surface area contributed by atoms with Crippen molar-refractivity contribution in [2.24, 2.45) is 0 Å². The smallest absolute Gasteiger partial charge is 0.296 e.